The third-order valence-electron chi connectivity index (χ3n) is 3.36. The fraction of sp³-hybridized carbons (Fsp3) is 0.278. The third-order valence-corrected chi connectivity index (χ3v) is 3.67. The van der Waals surface area contributed by atoms with E-state index in [0.717, 1.165) is 16.9 Å². The molecule has 1 N–H and O–H groups in total. The first kappa shape index (κ1) is 17.2. The lowest BCUT2D eigenvalue weighted by molar-refractivity contribution is -0.127. The molecular weight excluding hydrogens is 314 g/mol. The van der Waals surface area contributed by atoms with Gasteiger partial charge in [0.1, 0.15) is 11.5 Å². The second-order valence-corrected chi connectivity index (χ2v) is 5.67. The molecule has 0 aliphatic heterocycles. The zero-order valence-corrected chi connectivity index (χ0v) is 14.2. The number of carbonyl (C=O) groups is 1. The van der Waals surface area contributed by atoms with Crippen LogP contribution in [0.1, 0.15) is 18.1 Å². The van der Waals surface area contributed by atoms with Gasteiger partial charge in [0.2, 0.25) is 0 Å². The van der Waals surface area contributed by atoms with Gasteiger partial charge in [0.05, 0.1) is 12.1 Å². The molecule has 0 radical (unpaired) electrons. The Kier molecular flexibility index (Phi) is 5.88. The molecule has 1 atom stereocenters. The van der Waals surface area contributed by atoms with Crippen LogP contribution in [0.25, 0.3) is 0 Å². The average molecular weight is 334 g/mol. The Labute approximate surface area is 141 Å². The molecule has 122 valence electrons. The van der Waals surface area contributed by atoms with Crippen LogP contribution in [0.5, 0.6) is 11.5 Å². The molecule has 1 amide bonds. The van der Waals surface area contributed by atoms with Gasteiger partial charge in [0.25, 0.3) is 5.91 Å². The maximum Gasteiger partial charge on any atom is 0.261 e. The van der Waals surface area contributed by atoms with Crippen LogP contribution in [0.3, 0.4) is 0 Å². The lowest BCUT2D eigenvalue weighted by atomic mass is 10.2. The van der Waals surface area contributed by atoms with Gasteiger partial charge in [0, 0.05) is 6.54 Å². The van der Waals surface area contributed by atoms with Crippen LogP contribution in [-0.4, -0.2) is 19.1 Å². The molecule has 0 aliphatic rings. The minimum absolute atomic E-state index is 0.203. The monoisotopic (exact) mass is 333 g/mol. The van der Waals surface area contributed by atoms with E-state index in [4.69, 9.17) is 21.1 Å². The molecular formula is C18H20ClNO3. The number of ether oxygens (including phenoxy) is 2. The van der Waals surface area contributed by atoms with E-state index in [2.05, 4.69) is 5.32 Å². The van der Waals surface area contributed by atoms with E-state index in [-0.39, 0.29) is 5.91 Å². The molecule has 1 unspecified atom stereocenters. The summed E-state index contributed by atoms with van der Waals surface area (Å²) in [4.78, 5) is 12.2. The summed E-state index contributed by atoms with van der Waals surface area (Å²) in [6.45, 7) is 4.04. The number of carbonyl (C=O) groups excluding carboxylic acids is 1. The summed E-state index contributed by atoms with van der Waals surface area (Å²) in [6.07, 6.45) is -0.639. The molecule has 0 heterocycles. The first-order valence-electron chi connectivity index (χ1n) is 7.33. The number of hydrogen-bond donors (Lipinski definition) is 1. The molecule has 0 aliphatic carbocycles. The molecule has 0 fully saturated rings. The van der Waals surface area contributed by atoms with Crippen molar-refractivity contribution in [2.24, 2.45) is 0 Å². The van der Waals surface area contributed by atoms with Crippen molar-refractivity contribution in [3.8, 4) is 11.5 Å². The lowest BCUT2D eigenvalue weighted by Crippen LogP contribution is -2.35. The molecule has 2 aromatic rings. The van der Waals surface area contributed by atoms with Gasteiger partial charge in [0.15, 0.2) is 6.10 Å². The Morgan fingerprint density at radius 2 is 2.04 bits per heavy atom. The van der Waals surface area contributed by atoms with Crippen LogP contribution in [-0.2, 0) is 11.3 Å². The van der Waals surface area contributed by atoms with Gasteiger partial charge in [-0.15, -0.1) is 0 Å². The van der Waals surface area contributed by atoms with Crippen molar-refractivity contribution in [3.05, 3.63) is 58.6 Å². The van der Waals surface area contributed by atoms with Gasteiger partial charge >= 0.3 is 0 Å². The fourth-order valence-corrected chi connectivity index (χ4v) is 2.22. The smallest absolute Gasteiger partial charge is 0.261 e. The summed E-state index contributed by atoms with van der Waals surface area (Å²) in [5, 5.41) is 3.33. The summed E-state index contributed by atoms with van der Waals surface area (Å²) in [6, 6.07) is 13.0. The van der Waals surface area contributed by atoms with Crippen molar-refractivity contribution < 1.29 is 14.3 Å². The van der Waals surface area contributed by atoms with E-state index in [0.29, 0.717) is 17.3 Å². The summed E-state index contributed by atoms with van der Waals surface area (Å²) >= 11 is 6.08. The minimum atomic E-state index is -0.639. The molecule has 2 rings (SSSR count). The number of aryl methyl sites for hydroxylation is 1. The highest BCUT2D eigenvalue weighted by atomic mass is 35.5. The van der Waals surface area contributed by atoms with E-state index in [1.165, 1.54) is 0 Å². The average Bonchev–Trinajstić information content (AvgIpc) is 2.56. The standard InChI is InChI=1S/C18H20ClNO3/c1-12-7-8-16(19)17(9-12)23-13(2)18(21)20-11-14-5-4-6-15(10-14)22-3/h4-10,13H,11H2,1-3H3,(H,20,21). The van der Waals surface area contributed by atoms with Crippen LogP contribution in [0, 0.1) is 6.92 Å². The Morgan fingerprint density at radius 1 is 1.26 bits per heavy atom. The zero-order valence-electron chi connectivity index (χ0n) is 13.4. The number of benzene rings is 2. The molecule has 2 aromatic carbocycles. The van der Waals surface area contributed by atoms with Gasteiger partial charge in [-0.3, -0.25) is 4.79 Å². The summed E-state index contributed by atoms with van der Waals surface area (Å²) in [5.74, 6) is 1.06. The van der Waals surface area contributed by atoms with E-state index in [1.54, 1.807) is 20.1 Å². The summed E-state index contributed by atoms with van der Waals surface area (Å²) < 4.78 is 10.8. The van der Waals surface area contributed by atoms with Crippen molar-refractivity contribution in [2.75, 3.05) is 7.11 Å². The number of rotatable bonds is 6. The number of halogens is 1. The SMILES string of the molecule is COc1cccc(CNC(=O)C(C)Oc2cc(C)ccc2Cl)c1. The van der Waals surface area contributed by atoms with Gasteiger partial charge in [-0.25, -0.2) is 0 Å². The zero-order chi connectivity index (χ0) is 16.8. The molecule has 4 nitrogen and oxygen atoms in total. The summed E-state index contributed by atoms with van der Waals surface area (Å²) in [7, 11) is 1.61. The van der Waals surface area contributed by atoms with Crippen LogP contribution in [0.2, 0.25) is 5.02 Å². The van der Waals surface area contributed by atoms with E-state index in [9.17, 15) is 4.79 Å². The minimum Gasteiger partial charge on any atom is -0.497 e. The van der Waals surface area contributed by atoms with Crippen molar-refractivity contribution in [1.29, 1.82) is 0 Å². The van der Waals surface area contributed by atoms with E-state index < -0.39 is 6.10 Å². The maximum absolute atomic E-state index is 12.2. The fourth-order valence-electron chi connectivity index (χ4n) is 2.06. The molecule has 23 heavy (non-hydrogen) atoms. The molecule has 0 bridgehead atoms. The number of amides is 1. The number of methoxy groups -OCH3 is 1. The highest BCUT2D eigenvalue weighted by Gasteiger charge is 2.16. The lowest BCUT2D eigenvalue weighted by Gasteiger charge is -2.16. The van der Waals surface area contributed by atoms with Gasteiger partial charge < -0.3 is 14.8 Å². The third kappa shape index (κ3) is 4.89. The Bertz CT molecular complexity index is 688. The topological polar surface area (TPSA) is 47.6 Å². The quantitative estimate of drug-likeness (QED) is 0.876. The van der Waals surface area contributed by atoms with E-state index >= 15 is 0 Å². The van der Waals surface area contributed by atoms with Crippen molar-refractivity contribution in [1.82, 2.24) is 5.32 Å². The van der Waals surface area contributed by atoms with Crippen molar-refractivity contribution in [3.63, 3.8) is 0 Å². The first-order chi connectivity index (χ1) is 11.0. The van der Waals surface area contributed by atoms with Crippen LogP contribution in [0.4, 0.5) is 0 Å². The van der Waals surface area contributed by atoms with Crippen molar-refractivity contribution >= 4 is 17.5 Å². The maximum atomic E-state index is 12.2. The largest absolute Gasteiger partial charge is 0.497 e. The molecule has 5 heteroatoms. The van der Waals surface area contributed by atoms with Gasteiger partial charge in [-0.05, 0) is 49.2 Å². The van der Waals surface area contributed by atoms with Crippen molar-refractivity contribution in [2.45, 2.75) is 26.5 Å². The molecule has 0 saturated heterocycles. The Balaban J connectivity index is 1.93. The highest BCUT2D eigenvalue weighted by molar-refractivity contribution is 6.32. The Morgan fingerprint density at radius 3 is 2.78 bits per heavy atom. The van der Waals surface area contributed by atoms with Gasteiger partial charge in [-0.1, -0.05) is 29.8 Å². The normalized spacial score (nSPS) is 11.7. The van der Waals surface area contributed by atoms with Crippen LogP contribution < -0.4 is 14.8 Å². The first-order valence-corrected chi connectivity index (χ1v) is 7.71. The number of hydrogen-bond acceptors (Lipinski definition) is 3. The van der Waals surface area contributed by atoms with E-state index in [1.807, 2.05) is 43.3 Å². The Hall–Kier alpha value is -2.20. The summed E-state index contributed by atoms with van der Waals surface area (Å²) in [5.41, 5.74) is 1.98. The van der Waals surface area contributed by atoms with Gasteiger partial charge in [-0.2, -0.15) is 0 Å². The van der Waals surface area contributed by atoms with Crippen LogP contribution >= 0.6 is 11.6 Å². The predicted octanol–water partition coefficient (Wildman–Crippen LogP) is 3.74. The molecule has 0 saturated carbocycles. The highest BCUT2D eigenvalue weighted by Crippen LogP contribution is 2.26. The molecule has 0 aromatic heterocycles. The number of nitrogens with one attached hydrogen (secondary N) is 1. The second-order valence-electron chi connectivity index (χ2n) is 5.26. The second kappa shape index (κ2) is 7.88. The molecule has 0 spiro atoms. The predicted molar refractivity (Wildman–Crippen MR) is 91.1 cm³/mol. The van der Waals surface area contributed by atoms with Crippen LogP contribution in [0.15, 0.2) is 42.5 Å².